The first-order chi connectivity index (χ1) is 3.77. The third kappa shape index (κ3) is 1.01. The fraction of sp³-hybridized carbons (Fsp3) is 1.00. The lowest BCUT2D eigenvalue weighted by atomic mass is 10.0. The molecule has 48 valence electrons. The Kier molecular flexibility index (Phi) is 1.54. The first kappa shape index (κ1) is 6.05. The molecule has 1 atom stereocenters. The lowest BCUT2D eigenvalue weighted by molar-refractivity contribution is 0.178. The molecule has 1 saturated heterocycles. The van der Waals surface area contributed by atoms with Crippen molar-refractivity contribution < 1.29 is 4.74 Å². The minimum atomic E-state index is 0.264. The van der Waals surface area contributed by atoms with Crippen LogP contribution in [-0.4, -0.2) is 18.9 Å². The minimum Gasteiger partial charge on any atom is -0.364 e. The Labute approximate surface area is 50.2 Å². The van der Waals surface area contributed by atoms with Gasteiger partial charge in [0.1, 0.15) is 0 Å². The summed E-state index contributed by atoms with van der Waals surface area (Å²) < 4.78 is 5.14. The molecule has 0 radical (unpaired) electrons. The van der Waals surface area contributed by atoms with E-state index >= 15 is 0 Å². The van der Waals surface area contributed by atoms with Gasteiger partial charge in [-0.1, -0.05) is 6.92 Å². The smallest absolute Gasteiger partial charge is 0.0971 e. The van der Waals surface area contributed by atoms with Crippen LogP contribution in [0.1, 0.15) is 20.3 Å². The summed E-state index contributed by atoms with van der Waals surface area (Å²) in [6, 6.07) is 0. The molecule has 1 heterocycles. The molecule has 0 aromatic rings. The average Bonchev–Trinajstić information content (AvgIpc) is 2.17. The number of hydrogen-bond acceptors (Lipinski definition) is 2. The monoisotopic (exact) mass is 115 g/mol. The van der Waals surface area contributed by atoms with Crippen LogP contribution in [0.25, 0.3) is 0 Å². The van der Waals surface area contributed by atoms with E-state index in [9.17, 15) is 0 Å². The van der Waals surface area contributed by atoms with Crippen LogP contribution in [0, 0.1) is 0 Å². The van der Waals surface area contributed by atoms with Gasteiger partial charge in [0.05, 0.1) is 13.3 Å². The van der Waals surface area contributed by atoms with Gasteiger partial charge in [0.2, 0.25) is 0 Å². The molecule has 1 aliphatic heterocycles. The van der Waals surface area contributed by atoms with Gasteiger partial charge >= 0.3 is 0 Å². The van der Waals surface area contributed by atoms with Gasteiger partial charge in [-0.05, 0) is 13.3 Å². The molecule has 0 saturated carbocycles. The third-order valence-electron chi connectivity index (χ3n) is 1.80. The van der Waals surface area contributed by atoms with Gasteiger partial charge in [0, 0.05) is 5.54 Å². The van der Waals surface area contributed by atoms with Gasteiger partial charge in [0.15, 0.2) is 0 Å². The van der Waals surface area contributed by atoms with Gasteiger partial charge in [-0.25, -0.2) is 0 Å². The summed E-state index contributed by atoms with van der Waals surface area (Å²) >= 11 is 0. The molecule has 0 aromatic heterocycles. The summed E-state index contributed by atoms with van der Waals surface area (Å²) in [6.07, 6.45) is 1.15. The summed E-state index contributed by atoms with van der Waals surface area (Å²) in [6.45, 7) is 5.94. The van der Waals surface area contributed by atoms with E-state index in [1.54, 1.807) is 0 Å². The normalized spacial score (nSPS) is 38.2. The Morgan fingerprint density at radius 2 is 2.50 bits per heavy atom. The van der Waals surface area contributed by atoms with Crippen LogP contribution >= 0.6 is 0 Å². The topological polar surface area (TPSA) is 21.3 Å². The molecule has 0 bridgehead atoms. The molecule has 2 nitrogen and oxygen atoms in total. The molecule has 0 spiro atoms. The Hall–Kier alpha value is -0.0800. The van der Waals surface area contributed by atoms with Gasteiger partial charge in [0.25, 0.3) is 0 Å². The number of hydrogen-bond donors (Lipinski definition) is 1. The molecule has 1 rings (SSSR count). The van der Waals surface area contributed by atoms with Crippen molar-refractivity contribution in [2.24, 2.45) is 0 Å². The lowest BCUT2D eigenvalue weighted by Gasteiger charge is -2.18. The van der Waals surface area contributed by atoms with Crippen molar-refractivity contribution in [3.8, 4) is 0 Å². The van der Waals surface area contributed by atoms with Crippen LogP contribution in [-0.2, 0) is 4.74 Å². The molecule has 1 unspecified atom stereocenters. The standard InChI is InChI=1S/C6H13NO/c1-3-6(2)4-8-5-7-6/h7H,3-5H2,1-2H3. The number of nitrogens with one attached hydrogen (secondary N) is 1. The average molecular weight is 115 g/mol. The zero-order chi connectivity index (χ0) is 6.04. The molecule has 1 aliphatic rings. The van der Waals surface area contributed by atoms with Crippen molar-refractivity contribution in [1.82, 2.24) is 5.32 Å². The second kappa shape index (κ2) is 2.03. The van der Waals surface area contributed by atoms with Crippen molar-refractivity contribution >= 4 is 0 Å². The van der Waals surface area contributed by atoms with Crippen molar-refractivity contribution in [1.29, 1.82) is 0 Å². The second-order valence-corrected chi connectivity index (χ2v) is 2.58. The summed E-state index contributed by atoms with van der Waals surface area (Å²) in [5, 5.41) is 3.26. The summed E-state index contributed by atoms with van der Waals surface area (Å²) in [5.74, 6) is 0. The van der Waals surface area contributed by atoms with Crippen LogP contribution < -0.4 is 5.32 Å². The molecule has 1 N–H and O–H groups in total. The van der Waals surface area contributed by atoms with E-state index in [2.05, 4.69) is 19.2 Å². The van der Waals surface area contributed by atoms with E-state index in [0.29, 0.717) is 0 Å². The van der Waals surface area contributed by atoms with E-state index in [-0.39, 0.29) is 5.54 Å². The highest BCUT2D eigenvalue weighted by Crippen LogP contribution is 2.13. The lowest BCUT2D eigenvalue weighted by Crippen LogP contribution is -2.37. The molecule has 1 fully saturated rings. The Morgan fingerprint density at radius 1 is 1.75 bits per heavy atom. The number of ether oxygens (including phenoxy) is 1. The van der Waals surface area contributed by atoms with Gasteiger partial charge < -0.3 is 4.74 Å². The highest BCUT2D eigenvalue weighted by molar-refractivity contribution is 4.83. The highest BCUT2D eigenvalue weighted by atomic mass is 16.5. The molecule has 8 heavy (non-hydrogen) atoms. The van der Waals surface area contributed by atoms with Crippen LogP contribution in [0.15, 0.2) is 0 Å². The van der Waals surface area contributed by atoms with Crippen LogP contribution in [0.4, 0.5) is 0 Å². The fourth-order valence-corrected chi connectivity index (χ4v) is 0.780. The van der Waals surface area contributed by atoms with E-state index in [1.807, 2.05) is 0 Å². The predicted octanol–water partition coefficient (Wildman–Crippen LogP) is 0.732. The Bertz CT molecular complexity index is 76.6. The van der Waals surface area contributed by atoms with E-state index in [1.165, 1.54) is 0 Å². The maximum absolute atomic E-state index is 5.14. The van der Waals surface area contributed by atoms with Gasteiger partial charge in [-0.2, -0.15) is 0 Å². The Balaban J connectivity index is 2.40. The maximum atomic E-state index is 5.14. The predicted molar refractivity (Wildman–Crippen MR) is 32.7 cm³/mol. The molecular weight excluding hydrogens is 102 g/mol. The van der Waals surface area contributed by atoms with Crippen LogP contribution in [0.3, 0.4) is 0 Å². The number of rotatable bonds is 1. The molecule has 2 heteroatoms. The molecule has 0 aromatic carbocycles. The Morgan fingerprint density at radius 3 is 2.75 bits per heavy atom. The van der Waals surface area contributed by atoms with Crippen LogP contribution in [0.2, 0.25) is 0 Å². The molecule has 0 aliphatic carbocycles. The zero-order valence-electron chi connectivity index (χ0n) is 5.53. The fourth-order valence-electron chi connectivity index (χ4n) is 0.780. The van der Waals surface area contributed by atoms with Gasteiger partial charge in [-0.3, -0.25) is 5.32 Å². The minimum absolute atomic E-state index is 0.264. The summed E-state index contributed by atoms with van der Waals surface area (Å²) in [7, 11) is 0. The molecular formula is C6H13NO. The van der Waals surface area contributed by atoms with Crippen molar-refractivity contribution in [2.45, 2.75) is 25.8 Å². The van der Waals surface area contributed by atoms with Crippen molar-refractivity contribution in [2.75, 3.05) is 13.3 Å². The quantitative estimate of drug-likeness (QED) is 0.544. The zero-order valence-corrected chi connectivity index (χ0v) is 5.53. The SMILES string of the molecule is CCC1(C)COCN1. The van der Waals surface area contributed by atoms with E-state index in [4.69, 9.17) is 4.74 Å². The van der Waals surface area contributed by atoms with Crippen molar-refractivity contribution in [3.63, 3.8) is 0 Å². The maximum Gasteiger partial charge on any atom is 0.0971 e. The first-order valence-electron chi connectivity index (χ1n) is 3.10. The van der Waals surface area contributed by atoms with Crippen molar-refractivity contribution in [3.05, 3.63) is 0 Å². The first-order valence-corrected chi connectivity index (χ1v) is 3.10. The largest absolute Gasteiger partial charge is 0.364 e. The second-order valence-electron chi connectivity index (χ2n) is 2.58. The summed E-state index contributed by atoms with van der Waals surface area (Å²) in [4.78, 5) is 0. The van der Waals surface area contributed by atoms with Crippen LogP contribution in [0.5, 0.6) is 0 Å². The molecule has 0 amide bonds. The summed E-state index contributed by atoms with van der Waals surface area (Å²) in [5.41, 5.74) is 0.264. The van der Waals surface area contributed by atoms with Gasteiger partial charge in [-0.15, -0.1) is 0 Å². The highest BCUT2D eigenvalue weighted by Gasteiger charge is 2.25. The van der Waals surface area contributed by atoms with E-state index < -0.39 is 0 Å². The van der Waals surface area contributed by atoms with E-state index in [0.717, 1.165) is 19.8 Å². The third-order valence-corrected chi connectivity index (χ3v) is 1.80.